The summed E-state index contributed by atoms with van der Waals surface area (Å²) in [6.07, 6.45) is 2.14. The zero-order chi connectivity index (χ0) is 18.1. The number of anilines is 1. The van der Waals surface area contributed by atoms with Crippen molar-refractivity contribution in [2.45, 2.75) is 19.5 Å². The van der Waals surface area contributed by atoms with Crippen molar-refractivity contribution in [1.82, 2.24) is 9.47 Å². The molecule has 1 N–H and O–H groups in total. The van der Waals surface area contributed by atoms with Crippen LogP contribution in [-0.4, -0.2) is 21.1 Å². The fourth-order valence-corrected chi connectivity index (χ4v) is 4.00. The van der Waals surface area contributed by atoms with Gasteiger partial charge in [-0.25, -0.2) is 0 Å². The highest BCUT2D eigenvalue weighted by Gasteiger charge is 2.30. The van der Waals surface area contributed by atoms with Crippen LogP contribution in [0.1, 0.15) is 22.9 Å². The summed E-state index contributed by atoms with van der Waals surface area (Å²) < 4.78 is 2.31. The number of aromatic nitrogens is 1. The molecule has 1 aromatic heterocycles. The van der Waals surface area contributed by atoms with E-state index in [-0.39, 0.29) is 6.04 Å². The van der Waals surface area contributed by atoms with Crippen molar-refractivity contribution in [1.29, 1.82) is 0 Å². The number of hydrogen-bond acceptors (Lipinski definition) is 1. The molecule has 0 fully saturated rings. The second kappa shape index (κ2) is 7.14. The lowest BCUT2D eigenvalue weighted by Gasteiger charge is -2.39. The maximum absolute atomic E-state index is 6.26. The van der Waals surface area contributed by atoms with Gasteiger partial charge < -0.3 is 14.8 Å². The lowest BCUT2D eigenvalue weighted by molar-refractivity contribution is 0.293. The molecule has 3 nitrogen and oxygen atoms in total. The highest BCUT2D eigenvalue weighted by molar-refractivity contribution is 7.80. The summed E-state index contributed by atoms with van der Waals surface area (Å²) in [5.74, 6) is 0. The molecule has 0 saturated heterocycles. The molecule has 0 saturated carbocycles. The molecule has 0 radical (unpaired) electrons. The zero-order valence-electron chi connectivity index (χ0n) is 14.5. The third-order valence-corrected chi connectivity index (χ3v) is 5.67. The van der Waals surface area contributed by atoms with Gasteiger partial charge in [-0.2, -0.15) is 0 Å². The number of nitrogens with one attached hydrogen (secondary N) is 1. The number of nitrogens with zero attached hydrogens (tertiary/aromatic N) is 2. The fourth-order valence-electron chi connectivity index (χ4n) is 3.52. The van der Waals surface area contributed by atoms with Crippen LogP contribution >= 0.6 is 23.8 Å². The van der Waals surface area contributed by atoms with Gasteiger partial charge in [-0.1, -0.05) is 48.0 Å². The smallest absolute Gasteiger partial charge is 0.174 e. The summed E-state index contributed by atoms with van der Waals surface area (Å²) in [5.41, 5.74) is 4.46. The maximum Gasteiger partial charge on any atom is 0.174 e. The molecule has 3 aromatic rings. The van der Waals surface area contributed by atoms with Crippen molar-refractivity contribution in [3.63, 3.8) is 0 Å². The van der Waals surface area contributed by atoms with Gasteiger partial charge in [-0.05, 0) is 54.5 Å². The minimum absolute atomic E-state index is 0.0967. The van der Waals surface area contributed by atoms with Gasteiger partial charge in [0.05, 0.1) is 6.04 Å². The molecule has 1 aliphatic rings. The molecule has 1 atom stereocenters. The van der Waals surface area contributed by atoms with E-state index in [0.717, 1.165) is 34.5 Å². The first-order chi connectivity index (χ1) is 12.6. The predicted molar refractivity (Wildman–Crippen MR) is 112 cm³/mol. The topological polar surface area (TPSA) is 20.2 Å². The van der Waals surface area contributed by atoms with Crippen LogP contribution in [-0.2, 0) is 6.54 Å². The Hall–Kier alpha value is -2.30. The Bertz CT molecular complexity index is 935. The zero-order valence-corrected chi connectivity index (χ0v) is 16.1. The Labute approximate surface area is 164 Å². The molecule has 4 rings (SSSR count). The Morgan fingerprint density at radius 2 is 1.85 bits per heavy atom. The van der Waals surface area contributed by atoms with E-state index in [9.17, 15) is 0 Å². The van der Waals surface area contributed by atoms with Crippen LogP contribution in [0.2, 0.25) is 5.02 Å². The number of rotatable bonds is 2. The largest absolute Gasteiger partial charge is 0.348 e. The average Bonchev–Trinajstić information content (AvgIpc) is 3.14. The Kier molecular flexibility index (Phi) is 4.70. The van der Waals surface area contributed by atoms with Crippen LogP contribution in [0.15, 0.2) is 66.9 Å². The molecule has 2 heterocycles. The van der Waals surface area contributed by atoms with E-state index in [1.165, 1.54) is 11.3 Å². The van der Waals surface area contributed by atoms with Gasteiger partial charge in [0.1, 0.15) is 0 Å². The Balaban J connectivity index is 1.68. The van der Waals surface area contributed by atoms with Crippen LogP contribution < -0.4 is 5.32 Å². The average molecular weight is 382 g/mol. The highest BCUT2D eigenvalue weighted by Crippen LogP contribution is 2.33. The van der Waals surface area contributed by atoms with Gasteiger partial charge in [0, 0.05) is 35.7 Å². The Morgan fingerprint density at radius 1 is 1.04 bits per heavy atom. The van der Waals surface area contributed by atoms with Gasteiger partial charge in [0.15, 0.2) is 5.11 Å². The lowest BCUT2D eigenvalue weighted by Crippen LogP contribution is -2.44. The number of thiocarbonyl (C=S) groups is 1. The van der Waals surface area contributed by atoms with Gasteiger partial charge in [0.25, 0.3) is 0 Å². The lowest BCUT2D eigenvalue weighted by atomic mass is 10.0. The quantitative estimate of drug-likeness (QED) is 0.612. The van der Waals surface area contributed by atoms with E-state index >= 15 is 0 Å². The van der Waals surface area contributed by atoms with E-state index in [2.05, 4.69) is 57.4 Å². The van der Waals surface area contributed by atoms with Gasteiger partial charge in [0.2, 0.25) is 0 Å². The second-order valence-electron chi connectivity index (χ2n) is 6.48. The number of fused-ring (bicyclic) bond motifs is 1. The monoisotopic (exact) mass is 381 g/mol. The van der Waals surface area contributed by atoms with Crippen LogP contribution in [0.3, 0.4) is 0 Å². The summed E-state index contributed by atoms with van der Waals surface area (Å²) in [7, 11) is 0. The molecule has 0 aliphatic carbocycles. The van der Waals surface area contributed by atoms with Crippen molar-refractivity contribution in [2.24, 2.45) is 0 Å². The number of halogens is 1. The third kappa shape index (κ3) is 3.11. The fraction of sp³-hybridized carbons (Fsp3) is 0.190. The van der Waals surface area contributed by atoms with E-state index in [4.69, 9.17) is 23.8 Å². The molecule has 0 unspecified atom stereocenters. The van der Waals surface area contributed by atoms with Gasteiger partial charge >= 0.3 is 0 Å². The molecule has 26 heavy (non-hydrogen) atoms. The highest BCUT2D eigenvalue weighted by atomic mass is 35.5. The predicted octanol–water partition coefficient (Wildman–Crippen LogP) is 5.25. The normalized spacial score (nSPS) is 16.2. The molecule has 0 spiro atoms. The SMILES string of the molecule is Cc1c(Cl)cccc1NC(=S)N1CCn2cccc2[C@H]1c1ccccc1. The number of benzene rings is 2. The summed E-state index contributed by atoms with van der Waals surface area (Å²) in [5, 5.41) is 4.87. The van der Waals surface area contributed by atoms with E-state index in [1.807, 2.05) is 31.2 Å². The molecule has 2 aromatic carbocycles. The van der Waals surface area contributed by atoms with Crippen molar-refractivity contribution < 1.29 is 0 Å². The van der Waals surface area contributed by atoms with Crippen LogP contribution in [0, 0.1) is 6.92 Å². The molecule has 0 amide bonds. The van der Waals surface area contributed by atoms with Gasteiger partial charge in [-0.15, -0.1) is 0 Å². The van der Waals surface area contributed by atoms with Crippen molar-refractivity contribution in [3.05, 3.63) is 88.7 Å². The van der Waals surface area contributed by atoms with Crippen molar-refractivity contribution in [2.75, 3.05) is 11.9 Å². The summed E-state index contributed by atoms with van der Waals surface area (Å²) in [4.78, 5) is 2.26. The maximum atomic E-state index is 6.26. The molecular formula is C21H20ClN3S. The van der Waals surface area contributed by atoms with Gasteiger partial charge in [-0.3, -0.25) is 0 Å². The minimum atomic E-state index is 0.0967. The summed E-state index contributed by atoms with van der Waals surface area (Å²) in [6.45, 7) is 3.78. The molecular weight excluding hydrogens is 362 g/mol. The molecule has 132 valence electrons. The summed E-state index contributed by atoms with van der Waals surface area (Å²) >= 11 is 12.1. The van der Waals surface area contributed by atoms with Crippen LogP contribution in [0.25, 0.3) is 0 Å². The second-order valence-corrected chi connectivity index (χ2v) is 7.27. The molecule has 0 bridgehead atoms. The first-order valence-electron chi connectivity index (χ1n) is 8.68. The van der Waals surface area contributed by atoms with Crippen molar-refractivity contribution >= 4 is 34.6 Å². The van der Waals surface area contributed by atoms with E-state index in [1.54, 1.807) is 0 Å². The first kappa shape index (κ1) is 17.1. The van der Waals surface area contributed by atoms with E-state index < -0.39 is 0 Å². The minimum Gasteiger partial charge on any atom is -0.348 e. The molecule has 5 heteroatoms. The van der Waals surface area contributed by atoms with Crippen LogP contribution in [0.4, 0.5) is 5.69 Å². The number of hydrogen-bond donors (Lipinski definition) is 1. The first-order valence-corrected chi connectivity index (χ1v) is 9.46. The van der Waals surface area contributed by atoms with E-state index in [0.29, 0.717) is 0 Å². The standard InChI is InChI=1S/C21H20ClN3S/c1-15-17(22)9-5-10-18(15)23-21(26)25-14-13-24-12-6-11-19(24)20(25)16-7-3-2-4-8-16/h2-12,20H,13-14H2,1H3,(H,23,26)/t20-/m1/s1. The molecule has 1 aliphatic heterocycles. The Morgan fingerprint density at radius 3 is 2.65 bits per heavy atom. The third-order valence-electron chi connectivity index (χ3n) is 4.92. The van der Waals surface area contributed by atoms with Crippen LogP contribution in [0.5, 0.6) is 0 Å². The van der Waals surface area contributed by atoms with Crippen molar-refractivity contribution in [3.8, 4) is 0 Å². The summed E-state index contributed by atoms with van der Waals surface area (Å²) in [6, 6.07) is 20.7.